The van der Waals surface area contributed by atoms with E-state index in [2.05, 4.69) is 16.0 Å². The van der Waals surface area contributed by atoms with Crippen LogP contribution in [0.25, 0.3) is 0 Å². The molecule has 0 aliphatic carbocycles. The largest absolute Gasteiger partial charge is 0.513 e. The molecule has 0 fully saturated rings. The molecule has 0 saturated carbocycles. The average Bonchev–Trinajstić information content (AvgIpc) is 3.16. The smallest absolute Gasteiger partial charge is 0.480 e. The number of anilines is 1. The second kappa shape index (κ2) is 23.6. The minimum Gasteiger partial charge on any atom is -0.480 e. The van der Waals surface area contributed by atoms with Gasteiger partial charge in [0.1, 0.15) is 12.4 Å². The maximum absolute atomic E-state index is 12.1. The van der Waals surface area contributed by atoms with Gasteiger partial charge in [0.25, 0.3) is 5.91 Å². The number of carbonyl (C=O) groups is 5. The molecule has 2 aromatic carbocycles. The Kier molecular flexibility index (Phi) is 18.4. The first kappa shape index (κ1) is 46.0. The Bertz CT molecular complexity index is 1880. The zero-order chi connectivity index (χ0) is 42.7. The first-order valence-corrected chi connectivity index (χ1v) is 19.4. The van der Waals surface area contributed by atoms with E-state index in [1.54, 1.807) is 39.0 Å². The van der Waals surface area contributed by atoms with E-state index in [1.807, 2.05) is 44.2 Å². The number of thiocarbonyl (C=S) groups is 1. The van der Waals surface area contributed by atoms with Crippen LogP contribution in [0.4, 0.5) is 10.5 Å². The molecule has 4 rings (SSSR count). The number of amides is 1. The van der Waals surface area contributed by atoms with E-state index < -0.39 is 30.1 Å². The Morgan fingerprint density at radius 2 is 1.46 bits per heavy atom. The van der Waals surface area contributed by atoms with Crippen LogP contribution >= 0.6 is 12.2 Å². The van der Waals surface area contributed by atoms with Crippen LogP contribution < -0.4 is 20.7 Å². The summed E-state index contributed by atoms with van der Waals surface area (Å²) in [7, 11) is 0. The van der Waals surface area contributed by atoms with Crippen LogP contribution in [0.15, 0.2) is 66.7 Å². The Hall–Kier alpha value is -5.73. The van der Waals surface area contributed by atoms with Gasteiger partial charge in [-0.1, -0.05) is 18.2 Å². The topological polar surface area (TPSA) is 232 Å². The monoisotopic (exact) mass is 837 g/mol. The highest BCUT2D eigenvalue weighted by molar-refractivity contribution is 7.80. The van der Waals surface area contributed by atoms with Gasteiger partial charge in [0.15, 0.2) is 5.11 Å². The molecule has 318 valence electrons. The molecule has 1 aliphatic heterocycles. The number of nitrogens with one attached hydrogen (secondary N) is 3. The van der Waals surface area contributed by atoms with Gasteiger partial charge in [-0.3, -0.25) is 38.9 Å². The summed E-state index contributed by atoms with van der Waals surface area (Å²) in [6, 6.07) is 18.4. The summed E-state index contributed by atoms with van der Waals surface area (Å²) in [6.45, 7) is 4.73. The maximum Gasteiger partial charge on any atom is 0.513 e. The van der Waals surface area contributed by atoms with Crippen molar-refractivity contribution in [3.05, 3.63) is 89.2 Å². The fourth-order valence-electron chi connectivity index (χ4n) is 6.19. The number of aliphatic carboxylic acids is 3. The third-order valence-corrected chi connectivity index (χ3v) is 9.04. The van der Waals surface area contributed by atoms with Crippen molar-refractivity contribution in [3.8, 4) is 5.75 Å². The highest BCUT2D eigenvalue weighted by Gasteiger charge is 2.27. The molecular formula is C40H51N7O11S. The lowest BCUT2D eigenvalue weighted by atomic mass is 10.0. The molecule has 19 heteroatoms. The van der Waals surface area contributed by atoms with Crippen LogP contribution in [0.2, 0.25) is 0 Å². The highest BCUT2D eigenvalue weighted by atomic mass is 32.1. The second-order valence-corrected chi connectivity index (χ2v) is 14.5. The van der Waals surface area contributed by atoms with Crippen molar-refractivity contribution in [3.63, 3.8) is 0 Å². The van der Waals surface area contributed by atoms with Crippen LogP contribution in [-0.4, -0.2) is 148 Å². The first-order valence-electron chi connectivity index (χ1n) is 19.0. The van der Waals surface area contributed by atoms with Crippen molar-refractivity contribution in [1.82, 2.24) is 30.3 Å². The number of rotatable bonds is 18. The first-order chi connectivity index (χ1) is 28.2. The zero-order valence-electron chi connectivity index (χ0n) is 33.0. The van der Waals surface area contributed by atoms with Gasteiger partial charge >= 0.3 is 24.1 Å². The van der Waals surface area contributed by atoms with Crippen molar-refractivity contribution in [1.29, 1.82) is 0 Å². The Balaban J connectivity index is 1.26. The van der Waals surface area contributed by atoms with Crippen LogP contribution in [0, 0.1) is 0 Å². The number of hydrogen-bond donors (Lipinski definition) is 6. The number of carbonyl (C=O) groups excluding carboxylic acids is 2. The van der Waals surface area contributed by atoms with Crippen molar-refractivity contribution in [2.75, 3.05) is 71.0 Å². The van der Waals surface area contributed by atoms with Crippen molar-refractivity contribution >= 4 is 53.0 Å². The normalized spacial score (nSPS) is 15.3. The number of nitrogens with zero attached hydrogens (tertiary/aromatic N) is 4. The van der Waals surface area contributed by atoms with E-state index in [1.165, 1.54) is 12.1 Å². The van der Waals surface area contributed by atoms with Crippen LogP contribution in [0.3, 0.4) is 0 Å². The number of ether oxygens (including phenoxy) is 3. The van der Waals surface area contributed by atoms with Crippen molar-refractivity contribution in [2.45, 2.75) is 45.4 Å². The van der Waals surface area contributed by atoms with Crippen LogP contribution in [0.5, 0.6) is 5.75 Å². The Morgan fingerprint density at radius 3 is 2.12 bits per heavy atom. The second-order valence-electron chi connectivity index (χ2n) is 14.1. The molecule has 0 saturated heterocycles. The quantitative estimate of drug-likeness (QED) is 0.0468. The summed E-state index contributed by atoms with van der Waals surface area (Å²) < 4.78 is 15.7. The lowest BCUT2D eigenvalue weighted by Gasteiger charge is -2.36. The van der Waals surface area contributed by atoms with E-state index in [4.69, 9.17) is 31.4 Å². The van der Waals surface area contributed by atoms with E-state index in [0.29, 0.717) is 40.7 Å². The molecule has 0 radical (unpaired) electrons. The molecule has 3 aromatic rings. The summed E-state index contributed by atoms with van der Waals surface area (Å²) in [5.74, 6) is -3.09. The number of aromatic nitrogens is 1. The summed E-state index contributed by atoms with van der Waals surface area (Å²) >= 11 is 5.42. The number of benzene rings is 2. The number of carboxylic acids is 3. The van der Waals surface area contributed by atoms with Crippen LogP contribution in [-0.2, 0) is 43.4 Å². The SMILES string of the molecule is CC(C)NC(=O)c1ccc(OC(=O)OCCOCCNC(=S)Nc2ccc(CC3CN(CC(=O)O)CCN(CC(=O)O)Cc4cccc(n4)CN3CC(=O)O)cc2)cc1. The number of carboxylic acid groups (broad SMARTS) is 3. The Labute approximate surface area is 347 Å². The predicted molar refractivity (Wildman–Crippen MR) is 219 cm³/mol. The van der Waals surface area contributed by atoms with Crippen LogP contribution in [0.1, 0.15) is 41.2 Å². The molecule has 59 heavy (non-hydrogen) atoms. The van der Waals surface area contributed by atoms with Gasteiger partial charge in [0.05, 0.1) is 44.2 Å². The van der Waals surface area contributed by atoms with Gasteiger partial charge in [-0.25, -0.2) is 4.79 Å². The summed E-state index contributed by atoms with van der Waals surface area (Å²) in [5, 5.41) is 38.4. The van der Waals surface area contributed by atoms with Gasteiger partial charge in [-0.2, -0.15) is 0 Å². The van der Waals surface area contributed by atoms with E-state index in [0.717, 1.165) is 5.56 Å². The van der Waals surface area contributed by atoms with Gasteiger partial charge in [0.2, 0.25) is 0 Å². The standard InChI is InChI=1S/C40H51N7O11S/c1-27(2)42-38(54)29-8-12-34(13-9-29)58-40(55)57-19-18-56-17-14-41-39(59)44-30-10-6-28(7-11-30)20-33-23-46(25-36(50)51)16-15-45(24-35(48)49)21-31-4-3-5-32(43-31)22-47(33)26-37(52)53/h3-13,27,33H,14-26H2,1-2H3,(H,42,54)(H,48,49)(H,50,51)(H,52,53)(H2,41,44,59). The minimum atomic E-state index is -1.05. The third kappa shape index (κ3) is 17.3. The molecule has 0 spiro atoms. The predicted octanol–water partition coefficient (Wildman–Crippen LogP) is 2.52. The number of hydrogen-bond acceptors (Lipinski definition) is 13. The van der Waals surface area contributed by atoms with Gasteiger partial charge in [-0.15, -0.1) is 0 Å². The molecular weight excluding hydrogens is 787 g/mol. The summed E-state index contributed by atoms with van der Waals surface area (Å²) in [6.07, 6.45) is -0.518. The molecule has 1 atom stereocenters. The fraction of sp³-hybridized carbons (Fsp3) is 0.425. The highest BCUT2D eigenvalue weighted by Crippen LogP contribution is 2.19. The maximum atomic E-state index is 12.1. The minimum absolute atomic E-state index is 0.00572. The number of fused-ring (bicyclic) bond motifs is 2. The lowest BCUT2D eigenvalue weighted by molar-refractivity contribution is -0.141. The molecule has 1 amide bonds. The van der Waals surface area contributed by atoms with Gasteiger partial charge in [0, 0.05) is 62.6 Å². The summed E-state index contributed by atoms with van der Waals surface area (Å²) in [4.78, 5) is 69.6. The molecule has 6 N–H and O–H groups in total. The molecule has 2 bridgehead atoms. The van der Waals surface area contributed by atoms with Crippen molar-refractivity contribution in [2.24, 2.45) is 0 Å². The van der Waals surface area contributed by atoms with Gasteiger partial charge < -0.3 is 45.5 Å². The summed E-state index contributed by atoms with van der Waals surface area (Å²) in [5.41, 5.74) is 3.25. The third-order valence-electron chi connectivity index (χ3n) is 8.79. The Morgan fingerprint density at radius 1 is 0.814 bits per heavy atom. The molecule has 18 nitrogen and oxygen atoms in total. The lowest BCUT2D eigenvalue weighted by Crippen LogP contribution is -2.50. The average molecular weight is 838 g/mol. The fourth-order valence-corrected chi connectivity index (χ4v) is 6.41. The van der Waals surface area contributed by atoms with E-state index in [9.17, 15) is 39.3 Å². The number of pyridine rings is 1. The molecule has 2 heterocycles. The van der Waals surface area contributed by atoms with Gasteiger partial charge in [-0.05, 0) is 86.6 Å². The molecule has 1 aromatic heterocycles. The van der Waals surface area contributed by atoms with E-state index in [-0.39, 0.29) is 89.9 Å². The molecule has 1 aliphatic rings. The molecule has 1 unspecified atom stereocenters. The van der Waals surface area contributed by atoms with E-state index >= 15 is 0 Å². The van der Waals surface area contributed by atoms with Crippen molar-refractivity contribution < 1.29 is 53.5 Å². The zero-order valence-corrected chi connectivity index (χ0v) is 33.8.